The minimum absolute atomic E-state index is 0.198. The summed E-state index contributed by atoms with van der Waals surface area (Å²) in [7, 11) is 0. The van der Waals surface area contributed by atoms with Crippen molar-refractivity contribution in [2.45, 2.75) is 6.92 Å². The van der Waals surface area contributed by atoms with Gasteiger partial charge in [-0.3, -0.25) is 9.59 Å². The first-order valence-electron chi connectivity index (χ1n) is 7.49. The van der Waals surface area contributed by atoms with Crippen molar-refractivity contribution in [3.8, 4) is 0 Å². The second-order valence-electron chi connectivity index (χ2n) is 5.29. The molecule has 0 unspecified atom stereocenters. The van der Waals surface area contributed by atoms with Crippen LogP contribution in [0.25, 0.3) is 0 Å². The van der Waals surface area contributed by atoms with Crippen LogP contribution in [0.3, 0.4) is 0 Å². The van der Waals surface area contributed by atoms with Crippen LogP contribution in [0.5, 0.6) is 0 Å². The van der Waals surface area contributed by atoms with E-state index >= 15 is 0 Å². The highest BCUT2D eigenvalue weighted by atomic mass is 16.2. The fraction of sp³-hybridized carbons (Fsp3) is 0.111. The van der Waals surface area contributed by atoms with E-state index in [0.717, 1.165) is 0 Å². The van der Waals surface area contributed by atoms with Crippen LogP contribution in [0.15, 0.2) is 70.9 Å². The number of carbonyl (C=O) groups is 2. The molecule has 3 rings (SSSR count). The van der Waals surface area contributed by atoms with Crippen molar-refractivity contribution >= 4 is 29.4 Å². The van der Waals surface area contributed by atoms with Crippen LogP contribution in [0, 0.1) is 5.92 Å². The lowest BCUT2D eigenvalue weighted by molar-refractivity contribution is -0.118. The van der Waals surface area contributed by atoms with Gasteiger partial charge in [0, 0.05) is 11.8 Å². The number of hydrazone groups is 2. The molecule has 6 heteroatoms. The van der Waals surface area contributed by atoms with Crippen LogP contribution >= 0.6 is 0 Å². The molecule has 0 aromatic heterocycles. The number of anilines is 1. The number of hydrogen-bond donors (Lipinski definition) is 1. The van der Waals surface area contributed by atoms with E-state index < -0.39 is 5.92 Å². The highest BCUT2D eigenvalue weighted by Crippen LogP contribution is 2.22. The van der Waals surface area contributed by atoms with Gasteiger partial charge in [-0.05, 0) is 31.2 Å². The Balaban J connectivity index is 1.67. The predicted octanol–water partition coefficient (Wildman–Crippen LogP) is 2.44. The number of amides is 2. The Hall–Kier alpha value is -3.28. The molecule has 2 aromatic carbocycles. The van der Waals surface area contributed by atoms with Gasteiger partial charge >= 0.3 is 0 Å². The molecular formula is C18H16N4O2. The number of nitrogens with one attached hydrogen (secondary N) is 1. The number of carbonyl (C=O) groups excluding carboxylic acids is 2. The molecule has 2 amide bonds. The number of benzene rings is 2. The van der Waals surface area contributed by atoms with Crippen molar-refractivity contribution in [1.82, 2.24) is 5.43 Å². The van der Waals surface area contributed by atoms with Crippen LogP contribution in [0.4, 0.5) is 5.69 Å². The Labute approximate surface area is 139 Å². The Kier molecular flexibility index (Phi) is 4.47. The molecule has 2 aromatic rings. The molecule has 1 atom stereocenters. The van der Waals surface area contributed by atoms with Crippen LogP contribution in [0.2, 0.25) is 0 Å². The van der Waals surface area contributed by atoms with E-state index in [4.69, 9.17) is 0 Å². The molecule has 24 heavy (non-hydrogen) atoms. The molecule has 120 valence electrons. The van der Waals surface area contributed by atoms with Crippen LogP contribution in [-0.2, 0) is 4.79 Å². The van der Waals surface area contributed by atoms with Crippen LogP contribution in [-0.4, -0.2) is 23.7 Å². The van der Waals surface area contributed by atoms with Crippen molar-refractivity contribution in [3.05, 3.63) is 66.2 Å². The number of rotatable bonds is 4. The Morgan fingerprint density at radius 1 is 1.12 bits per heavy atom. The normalized spacial score (nSPS) is 17.2. The molecule has 0 bridgehead atoms. The average Bonchev–Trinajstić information content (AvgIpc) is 2.91. The molecule has 6 nitrogen and oxygen atoms in total. The molecule has 0 aliphatic carbocycles. The minimum atomic E-state index is -0.582. The van der Waals surface area contributed by atoms with E-state index in [1.165, 1.54) is 11.2 Å². The third-order valence-electron chi connectivity index (χ3n) is 3.61. The summed E-state index contributed by atoms with van der Waals surface area (Å²) in [5.74, 6) is -1.11. The van der Waals surface area contributed by atoms with Gasteiger partial charge in [0.15, 0.2) is 0 Å². The Morgan fingerprint density at radius 2 is 1.75 bits per heavy atom. The van der Waals surface area contributed by atoms with Gasteiger partial charge in [-0.25, -0.2) is 5.43 Å². The highest BCUT2D eigenvalue weighted by molar-refractivity contribution is 6.23. The van der Waals surface area contributed by atoms with E-state index in [1.807, 2.05) is 36.4 Å². The summed E-state index contributed by atoms with van der Waals surface area (Å²) in [5.41, 5.74) is 4.26. The fourth-order valence-electron chi connectivity index (χ4n) is 2.33. The summed E-state index contributed by atoms with van der Waals surface area (Å²) in [4.78, 5) is 24.4. The highest BCUT2D eigenvalue weighted by Gasteiger charge is 2.33. The van der Waals surface area contributed by atoms with Crippen molar-refractivity contribution < 1.29 is 9.59 Å². The van der Waals surface area contributed by atoms with Gasteiger partial charge in [0.05, 0.1) is 11.4 Å². The van der Waals surface area contributed by atoms with Crippen molar-refractivity contribution in [2.75, 3.05) is 5.01 Å². The summed E-state index contributed by atoms with van der Waals surface area (Å²) in [5, 5.41) is 9.53. The second-order valence-corrected chi connectivity index (χ2v) is 5.29. The van der Waals surface area contributed by atoms with Gasteiger partial charge in [0.2, 0.25) is 0 Å². The van der Waals surface area contributed by atoms with Crippen molar-refractivity contribution in [2.24, 2.45) is 16.1 Å². The van der Waals surface area contributed by atoms with Crippen LogP contribution < -0.4 is 10.4 Å². The van der Waals surface area contributed by atoms with Gasteiger partial charge in [0.25, 0.3) is 11.8 Å². The zero-order valence-electron chi connectivity index (χ0n) is 13.1. The van der Waals surface area contributed by atoms with Gasteiger partial charge in [-0.2, -0.15) is 15.2 Å². The molecule has 1 heterocycles. The topological polar surface area (TPSA) is 74.1 Å². The first kappa shape index (κ1) is 15.6. The lowest BCUT2D eigenvalue weighted by Gasteiger charge is -2.12. The van der Waals surface area contributed by atoms with E-state index in [0.29, 0.717) is 17.0 Å². The molecule has 1 aliphatic rings. The zero-order valence-corrected chi connectivity index (χ0v) is 13.1. The van der Waals surface area contributed by atoms with Crippen molar-refractivity contribution in [3.63, 3.8) is 0 Å². The molecule has 0 radical (unpaired) electrons. The minimum Gasteiger partial charge on any atom is -0.271 e. The maximum atomic E-state index is 12.5. The van der Waals surface area contributed by atoms with Crippen LogP contribution in [0.1, 0.15) is 17.3 Å². The second kappa shape index (κ2) is 6.87. The Morgan fingerprint density at radius 3 is 2.42 bits per heavy atom. The SMILES string of the molecule is CC1=NN(c2ccccc2)C(=O)[C@@H]1/C=N\NC(=O)c1ccccc1. The van der Waals surface area contributed by atoms with E-state index in [9.17, 15) is 9.59 Å². The maximum Gasteiger partial charge on any atom is 0.271 e. The van der Waals surface area contributed by atoms with Gasteiger partial charge in [0.1, 0.15) is 5.92 Å². The van der Waals surface area contributed by atoms with E-state index in [-0.39, 0.29) is 11.8 Å². The molecule has 0 saturated heterocycles. The number of hydrogen-bond acceptors (Lipinski definition) is 4. The Bertz CT molecular complexity index is 800. The largest absolute Gasteiger partial charge is 0.271 e. The van der Waals surface area contributed by atoms with Gasteiger partial charge in [-0.15, -0.1) is 0 Å². The third-order valence-corrected chi connectivity index (χ3v) is 3.61. The smallest absolute Gasteiger partial charge is 0.271 e. The fourth-order valence-corrected chi connectivity index (χ4v) is 2.33. The quantitative estimate of drug-likeness (QED) is 0.694. The third kappa shape index (κ3) is 3.22. The predicted molar refractivity (Wildman–Crippen MR) is 92.9 cm³/mol. The first-order chi connectivity index (χ1) is 11.7. The standard InChI is InChI=1S/C18H16N4O2/c1-13-16(12-19-20-17(23)14-8-4-2-5-9-14)18(24)22(21-13)15-10-6-3-7-11-15/h2-12,16H,1H3,(H,20,23)/b19-12-/t16-/m1/s1. The lowest BCUT2D eigenvalue weighted by Crippen LogP contribution is -2.29. The molecule has 1 aliphatic heterocycles. The maximum absolute atomic E-state index is 12.5. The lowest BCUT2D eigenvalue weighted by atomic mass is 10.1. The molecular weight excluding hydrogens is 304 g/mol. The average molecular weight is 320 g/mol. The van der Waals surface area contributed by atoms with Gasteiger partial charge < -0.3 is 0 Å². The molecule has 0 saturated carbocycles. The van der Waals surface area contributed by atoms with E-state index in [1.54, 1.807) is 31.2 Å². The summed E-state index contributed by atoms with van der Waals surface area (Å²) in [6, 6.07) is 17.9. The van der Waals surface area contributed by atoms with E-state index in [2.05, 4.69) is 15.6 Å². The molecule has 1 N–H and O–H groups in total. The monoisotopic (exact) mass is 320 g/mol. The summed E-state index contributed by atoms with van der Waals surface area (Å²) < 4.78 is 0. The molecule has 0 fully saturated rings. The van der Waals surface area contributed by atoms with Gasteiger partial charge in [-0.1, -0.05) is 36.4 Å². The summed E-state index contributed by atoms with van der Waals surface area (Å²) in [6.45, 7) is 1.76. The summed E-state index contributed by atoms with van der Waals surface area (Å²) in [6.07, 6.45) is 1.41. The summed E-state index contributed by atoms with van der Waals surface area (Å²) >= 11 is 0. The van der Waals surface area contributed by atoms with Crippen molar-refractivity contribution in [1.29, 1.82) is 0 Å². The zero-order chi connectivity index (χ0) is 16.9. The molecule has 0 spiro atoms. The number of nitrogens with zero attached hydrogens (tertiary/aromatic N) is 3. The first-order valence-corrected chi connectivity index (χ1v) is 7.49. The number of para-hydroxylation sites is 1.